The summed E-state index contributed by atoms with van der Waals surface area (Å²) in [7, 11) is 0. The third-order valence-corrected chi connectivity index (χ3v) is 9.64. The molecule has 0 heterocycles. The molecule has 6 atom stereocenters. The minimum Gasteiger partial charge on any atom is -0.393 e. The molecule has 4 nitrogen and oxygen atoms in total. The van der Waals surface area contributed by atoms with Crippen molar-refractivity contribution in [1.82, 2.24) is 0 Å². The van der Waals surface area contributed by atoms with Gasteiger partial charge in [0.1, 0.15) is 17.5 Å². The number of rotatable bonds is 2. The second kappa shape index (κ2) is 8.20. The summed E-state index contributed by atoms with van der Waals surface area (Å²) in [5.74, 6) is 0.148. The molecule has 178 valence electrons. The van der Waals surface area contributed by atoms with Crippen LogP contribution in [-0.4, -0.2) is 17.1 Å². The van der Waals surface area contributed by atoms with Crippen LogP contribution in [0.25, 0.3) is 6.08 Å². The Morgan fingerprint density at radius 3 is 2.62 bits per heavy atom. The van der Waals surface area contributed by atoms with Crippen molar-refractivity contribution < 1.29 is 14.3 Å². The van der Waals surface area contributed by atoms with E-state index in [1.165, 1.54) is 11.6 Å². The first-order valence-electron chi connectivity index (χ1n) is 12.5. The lowest BCUT2D eigenvalue weighted by Gasteiger charge is -2.57. The molecule has 0 spiro atoms. The monoisotopic (exact) mass is 460 g/mol. The maximum atomic E-state index is 14.6. The standard InChI is InChI=1S/C29H33FN2O2/c1-28-11-9-20(33)15-19(28)7-8-21-23(28)10-12-29(2)24(21)14-18(26(29)22(16-31)27(32)34)13-17-5-3-4-6-25(17)30/h3-7,13,20-21,23-24,33H,8-12,14-15H2,1-2H3,(H2,32,34)/b18-13+,26-22-/t20-,21+,23-,24-,28-,29-/m0/s1. The number of primary amides is 1. The van der Waals surface area contributed by atoms with Crippen LogP contribution in [0.15, 0.2) is 52.6 Å². The zero-order valence-corrected chi connectivity index (χ0v) is 20.0. The van der Waals surface area contributed by atoms with Gasteiger partial charge in [-0.05, 0) is 96.8 Å². The highest BCUT2D eigenvalue weighted by molar-refractivity contribution is 5.98. The van der Waals surface area contributed by atoms with Crippen molar-refractivity contribution in [3.63, 3.8) is 0 Å². The molecular weight excluding hydrogens is 427 g/mol. The number of carbonyl (C=O) groups excluding carboxylic acids is 1. The largest absolute Gasteiger partial charge is 0.393 e. The topological polar surface area (TPSA) is 87.1 Å². The van der Waals surface area contributed by atoms with Crippen LogP contribution >= 0.6 is 0 Å². The molecule has 0 radical (unpaired) electrons. The summed E-state index contributed by atoms with van der Waals surface area (Å²) >= 11 is 0. The summed E-state index contributed by atoms with van der Waals surface area (Å²) in [5.41, 5.74) is 8.92. The number of aliphatic hydroxyl groups is 1. The number of hydrogen-bond acceptors (Lipinski definition) is 3. The van der Waals surface area contributed by atoms with Crippen LogP contribution in [0.1, 0.15) is 64.4 Å². The fourth-order valence-corrected chi connectivity index (χ4v) is 7.95. The number of benzene rings is 1. The van der Waals surface area contributed by atoms with Crippen molar-refractivity contribution in [3.8, 4) is 6.07 Å². The quantitative estimate of drug-likeness (QED) is 0.350. The number of nitriles is 1. The van der Waals surface area contributed by atoms with E-state index in [0.29, 0.717) is 23.8 Å². The van der Waals surface area contributed by atoms with Gasteiger partial charge in [0.25, 0.3) is 5.91 Å². The number of fused-ring (bicyclic) bond motifs is 5. The summed E-state index contributed by atoms with van der Waals surface area (Å²) in [6.45, 7) is 4.55. The van der Waals surface area contributed by atoms with Crippen LogP contribution < -0.4 is 5.73 Å². The molecule has 3 N–H and O–H groups in total. The van der Waals surface area contributed by atoms with Crippen molar-refractivity contribution in [2.24, 2.45) is 34.3 Å². The SMILES string of the molecule is C[C@]12CC[C@H](O)CC1=CC[C@@H]1[C@@H]2CC[C@]2(C)C(=C(/C#N)C(N)=O)/C(=C/c3ccccc3F)C[C@@H]12. The van der Waals surface area contributed by atoms with E-state index in [1.807, 2.05) is 6.08 Å². The smallest absolute Gasteiger partial charge is 0.259 e. The summed E-state index contributed by atoms with van der Waals surface area (Å²) in [5, 5.41) is 20.2. The van der Waals surface area contributed by atoms with E-state index in [0.717, 1.165) is 49.7 Å². The molecule has 3 fully saturated rings. The number of aliphatic hydroxyl groups excluding tert-OH is 1. The third kappa shape index (κ3) is 3.38. The summed E-state index contributed by atoms with van der Waals surface area (Å²) in [6, 6.07) is 8.71. The summed E-state index contributed by atoms with van der Waals surface area (Å²) in [6.07, 6.45) is 10.1. The molecule has 1 aromatic carbocycles. The van der Waals surface area contributed by atoms with E-state index < -0.39 is 5.91 Å². The number of amides is 1. The second-order valence-electron chi connectivity index (χ2n) is 11.2. The molecule has 1 aromatic rings. The van der Waals surface area contributed by atoms with Gasteiger partial charge in [0.15, 0.2) is 0 Å². The number of allylic oxidation sites excluding steroid dienone is 3. The lowest BCUT2D eigenvalue weighted by Crippen LogP contribution is -2.49. The number of hydrogen-bond donors (Lipinski definition) is 2. The van der Waals surface area contributed by atoms with E-state index >= 15 is 0 Å². The average Bonchev–Trinajstić information content (AvgIpc) is 3.08. The first-order valence-corrected chi connectivity index (χ1v) is 12.5. The Balaban J connectivity index is 1.63. The van der Waals surface area contributed by atoms with Crippen molar-refractivity contribution in [2.45, 2.75) is 64.9 Å². The van der Waals surface area contributed by atoms with Crippen LogP contribution in [0.4, 0.5) is 4.39 Å². The molecule has 3 saturated carbocycles. The van der Waals surface area contributed by atoms with Gasteiger partial charge < -0.3 is 10.8 Å². The average molecular weight is 461 g/mol. The van der Waals surface area contributed by atoms with Gasteiger partial charge in [-0.1, -0.05) is 43.7 Å². The molecule has 34 heavy (non-hydrogen) atoms. The van der Waals surface area contributed by atoms with E-state index in [2.05, 4.69) is 26.0 Å². The molecule has 4 aliphatic rings. The highest BCUT2D eigenvalue weighted by Crippen LogP contribution is 2.67. The minimum atomic E-state index is -0.708. The lowest BCUT2D eigenvalue weighted by atomic mass is 9.47. The zero-order chi connectivity index (χ0) is 24.3. The lowest BCUT2D eigenvalue weighted by molar-refractivity contribution is -0.114. The van der Waals surface area contributed by atoms with Crippen LogP contribution in [0.3, 0.4) is 0 Å². The van der Waals surface area contributed by atoms with Gasteiger partial charge in [-0.3, -0.25) is 4.79 Å². The predicted molar refractivity (Wildman–Crippen MR) is 129 cm³/mol. The summed E-state index contributed by atoms with van der Waals surface area (Å²) < 4.78 is 14.6. The zero-order valence-electron chi connectivity index (χ0n) is 20.0. The number of nitrogens with zero attached hydrogens (tertiary/aromatic N) is 1. The van der Waals surface area contributed by atoms with E-state index in [1.54, 1.807) is 18.2 Å². The number of halogens is 1. The van der Waals surface area contributed by atoms with E-state index in [4.69, 9.17) is 5.73 Å². The van der Waals surface area contributed by atoms with Gasteiger partial charge >= 0.3 is 0 Å². The molecule has 0 saturated heterocycles. The van der Waals surface area contributed by atoms with Gasteiger partial charge in [0.05, 0.1) is 6.10 Å². The highest BCUT2D eigenvalue weighted by Gasteiger charge is 2.59. The maximum absolute atomic E-state index is 14.6. The molecule has 5 rings (SSSR count). The Morgan fingerprint density at radius 2 is 1.91 bits per heavy atom. The number of carbonyl (C=O) groups is 1. The molecule has 0 bridgehead atoms. The normalized spacial score (nSPS) is 39.4. The van der Waals surface area contributed by atoms with Gasteiger partial charge in [-0.25, -0.2) is 4.39 Å². The fraction of sp³-hybridized carbons (Fsp3) is 0.517. The molecule has 0 aromatic heterocycles. The van der Waals surface area contributed by atoms with Gasteiger partial charge in [-0.15, -0.1) is 0 Å². The molecule has 0 unspecified atom stereocenters. The first kappa shape index (κ1) is 23.1. The van der Waals surface area contributed by atoms with Crippen molar-refractivity contribution in [2.75, 3.05) is 0 Å². The Labute approximate surface area is 201 Å². The molecule has 0 aliphatic heterocycles. The van der Waals surface area contributed by atoms with Gasteiger partial charge in [-0.2, -0.15) is 5.26 Å². The van der Waals surface area contributed by atoms with E-state index in [-0.39, 0.29) is 34.2 Å². The van der Waals surface area contributed by atoms with Crippen LogP contribution in [0, 0.1) is 45.7 Å². The Morgan fingerprint density at radius 1 is 1.18 bits per heavy atom. The minimum absolute atomic E-state index is 0.0186. The Bertz CT molecular complexity index is 1170. The number of nitrogens with two attached hydrogens (primary N) is 1. The Hall–Kier alpha value is -2.71. The van der Waals surface area contributed by atoms with Crippen molar-refractivity contribution >= 4 is 12.0 Å². The molecule has 5 heteroatoms. The Kier molecular flexibility index (Phi) is 5.56. The molecule has 4 aliphatic carbocycles. The molecular formula is C29H33FN2O2. The van der Waals surface area contributed by atoms with Crippen LogP contribution in [0.2, 0.25) is 0 Å². The maximum Gasteiger partial charge on any atom is 0.259 e. The van der Waals surface area contributed by atoms with Crippen LogP contribution in [0.5, 0.6) is 0 Å². The van der Waals surface area contributed by atoms with Crippen LogP contribution in [-0.2, 0) is 4.79 Å². The van der Waals surface area contributed by atoms with Gasteiger partial charge in [0.2, 0.25) is 0 Å². The van der Waals surface area contributed by atoms with E-state index in [9.17, 15) is 19.6 Å². The van der Waals surface area contributed by atoms with Gasteiger partial charge in [0, 0.05) is 5.56 Å². The third-order valence-electron chi connectivity index (χ3n) is 9.64. The second-order valence-corrected chi connectivity index (χ2v) is 11.2. The first-order chi connectivity index (χ1) is 16.2. The summed E-state index contributed by atoms with van der Waals surface area (Å²) in [4.78, 5) is 12.4. The predicted octanol–water partition coefficient (Wildman–Crippen LogP) is 5.45. The van der Waals surface area contributed by atoms with Crippen molar-refractivity contribution in [1.29, 1.82) is 5.26 Å². The van der Waals surface area contributed by atoms with Crippen molar-refractivity contribution in [3.05, 3.63) is 64.0 Å². The highest BCUT2D eigenvalue weighted by atomic mass is 19.1. The molecule has 1 amide bonds. The fourth-order valence-electron chi connectivity index (χ4n) is 7.95.